The fourth-order valence-corrected chi connectivity index (χ4v) is 5.60. The topological polar surface area (TPSA) is 12.9 Å². The highest BCUT2D eigenvalue weighted by Gasteiger charge is 2.19. The molecule has 6 aromatic rings. The number of pyridine rings is 1. The molecule has 0 saturated heterocycles. The lowest BCUT2D eigenvalue weighted by Gasteiger charge is -2.19. The van der Waals surface area contributed by atoms with Gasteiger partial charge in [-0.25, -0.2) is 0 Å². The number of hydrogen-bond acceptors (Lipinski definition) is 1. The van der Waals surface area contributed by atoms with Gasteiger partial charge in [-0.05, 0) is 71.5 Å². The molecule has 0 aliphatic carbocycles. The van der Waals surface area contributed by atoms with Crippen LogP contribution in [0.1, 0.15) is 23.6 Å². The van der Waals surface area contributed by atoms with Gasteiger partial charge in [-0.15, -0.1) is 0 Å². The molecule has 1 heteroatoms. The maximum Gasteiger partial charge on any atom is 0.0708 e. The van der Waals surface area contributed by atoms with E-state index in [1.165, 1.54) is 65.9 Å². The van der Waals surface area contributed by atoms with Gasteiger partial charge in [-0.1, -0.05) is 114 Å². The Morgan fingerprint density at radius 2 is 1.30 bits per heavy atom. The van der Waals surface area contributed by atoms with Crippen molar-refractivity contribution in [1.82, 2.24) is 4.98 Å². The Bertz CT molecular complexity index is 1830. The maximum absolute atomic E-state index is 4.93. The van der Waals surface area contributed by atoms with Crippen molar-refractivity contribution in [3.63, 3.8) is 0 Å². The van der Waals surface area contributed by atoms with Crippen LogP contribution in [0.25, 0.3) is 60.8 Å². The largest absolute Gasteiger partial charge is 0.256 e. The summed E-state index contributed by atoms with van der Waals surface area (Å²) in [7, 11) is 0. The number of hydrogen-bond donors (Lipinski definition) is 0. The van der Waals surface area contributed by atoms with E-state index in [4.69, 9.17) is 4.98 Å². The molecule has 0 spiro atoms. The van der Waals surface area contributed by atoms with E-state index in [9.17, 15) is 0 Å². The third-order valence-corrected chi connectivity index (χ3v) is 7.04. The maximum atomic E-state index is 4.93. The minimum Gasteiger partial charge on any atom is -0.256 e. The summed E-state index contributed by atoms with van der Waals surface area (Å²) in [6, 6.07) is 33.0. The highest BCUT2D eigenvalue weighted by atomic mass is 14.6. The number of rotatable bonds is 4. The summed E-state index contributed by atoms with van der Waals surface area (Å²) in [5, 5.41) is 6.14. The molecule has 0 aliphatic rings. The van der Waals surface area contributed by atoms with E-state index in [2.05, 4.69) is 129 Å². The number of benzene rings is 5. The molecule has 0 aliphatic heterocycles. The summed E-state index contributed by atoms with van der Waals surface area (Å²) < 4.78 is 0. The molecule has 0 atom stereocenters. The van der Waals surface area contributed by atoms with Crippen LogP contribution in [0.3, 0.4) is 0 Å². The molecule has 0 bridgehead atoms. The van der Waals surface area contributed by atoms with Gasteiger partial charge in [0.05, 0.1) is 5.52 Å². The van der Waals surface area contributed by atoms with Crippen LogP contribution < -0.4 is 0 Å². The molecule has 0 amide bonds. The molecule has 1 nitrogen and oxygen atoms in total. The van der Waals surface area contributed by atoms with Crippen molar-refractivity contribution in [2.45, 2.75) is 20.8 Å². The van der Waals surface area contributed by atoms with Gasteiger partial charge in [0, 0.05) is 22.4 Å². The average molecular weight is 476 g/mol. The van der Waals surface area contributed by atoms with Crippen LogP contribution in [0.4, 0.5) is 0 Å². The van der Waals surface area contributed by atoms with Gasteiger partial charge in [0.25, 0.3) is 0 Å². The molecule has 5 aromatic carbocycles. The highest BCUT2D eigenvalue weighted by molar-refractivity contribution is 6.27. The van der Waals surface area contributed by atoms with Crippen LogP contribution in [0, 0.1) is 13.8 Å². The monoisotopic (exact) mass is 475 g/mol. The Balaban J connectivity index is 1.80. The molecule has 1 aromatic heterocycles. The van der Waals surface area contributed by atoms with Crippen LogP contribution >= 0.6 is 0 Å². The van der Waals surface area contributed by atoms with Gasteiger partial charge in [-0.2, -0.15) is 0 Å². The Morgan fingerprint density at radius 3 is 2.05 bits per heavy atom. The van der Waals surface area contributed by atoms with Crippen molar-refractivity contribution < 1.29 is 0 Å². The van der Waals surface area contributed by atoms with E-state index in [0.717, 1.165) is 5.52 Å². The molecule has 0 N–H and O–H groups in total. The zero-order valence-electron chi connectivity index (χ0n) is 21.5. The lowest BCUT2D eigenvalue weighted by molar-refractivity contribution is 1.39. The van der Waals surface area contributed by atoms with Crippen LogP contribution in [0.5, 0.6) is 0 Å². The number of aromatic nitrogens is 1. The summed E-state index contributed by atoms with van der Waals surface area (Å²) in [6.07, 6.45) is 10.5. The number of para-hydroxylation sites is 1. The normalized spacial score (nSPS) is 12.0. The lowest BCUT2D eigenvalue weighted by Crippen LogP contribution is -1.94. The minimum atomic E-state index is 1.02. The summed E-state index contributed by atoms with van der Waals surface area (Å²) >= 11 is 0. The van der Waals surface area contributed by atoms with Crippen molar-refractivity contribution in [1.29, 1.82) is 0 Å². The van der Waals surface area contributed by atoms with Crippen molar-refractivity contribution in [2.24, 2.45) is 0 Å². The second-order valence-corrected chi connectivity index (χ2v) is 9.75. The first-order valence-electron chi connectivity index (χ1n) is 12.8. The predicted octanol–water partition coefficient (Wildman–Crippen LogP) is 10.1. The Morgan fingerprint density at radius 1 is 0.595 bits per heavy atom. The molecule has 6 rings (SSSR count). The van der Waals surface area contributed by atoms with Crippen molar-refractivity contribution >= 4 is 38.5 Å². The molecule has 0 saturated carbocycles. The van der Waals surface area contributed by atoms with Gasteiger partial charge in [0.2, 0.25) is 0 Å². The summed E-state index contributed by atoms with van der Waals surface area (Å²) in [5.41, 5.74) is 9.71. The number of nitrogens with zero attached hydrogens (tertiary/aromatic N) is 1. The molecule has 0 fully saturated rings. The number of aryl methyl sites for hydroxylation is 2. The Labute approximate surface area is 218 Å². The Hall–Kier alpha value is -4.49. The fourth-order valence-electron chi connectivity index (χ4n) is 5.60. The van der Waals surface area contributed by atoms with E-state index >= 15 is 0 Å². The van der Waals surface area contributed by atoms with E-state index in [0.29, 0.717) is 0 Å². The van der Waals surface area contributed by atoms with Crippen molar-refractivity contribution in [3.8, 4) is 22.3 Å². The molecule has 0 radical (unpaired) electrons. The molecular formula is C36H29N. The van der Waals surface area contributed by atoms with Gasteiger partial charge in [-0.3, -0.25) is 4.98 Å². The van der Waals surface area contributed by atoms with E-state index in [-0.39, 0.29) is 0 Å². The zero-order valence-corrected chi connectivity index (χ0v) is 21.5. The van der Waals surface area contributed by atoms with Crippen LogP contribution in [0.2, 0.25) is 0 Å². The quantitative estimate of drug-likeness (QED) is 0.140. The highest BCUT2D eigenvalue weighted by Crippen LogP contribution is 2.46. The van der Waals surface area contributed by atoms with Crippen LogP contribution in [0.15, 0.2) is 115 Å². The zero-order chi connectivity index (χ0) is 25.4. The van der Waals surface area contributed by atoms with Crippen LogP contribution in [-0.2, 0) is 0 Å². The lowest BCUT2D eigenvalue weighted by atomic mass is 9.84. The summed E-state index contributed by atoms with van der Waals surface area (Å²) in [4.78, 5) is 4.93. The van der Waals surface area contributed by atoms with Crippen molar-refractivity contribution in [2.75, 3.05) is 0 Å². The predicted molar refractivity (Wildman–Crippen MR) is 161 cm³/mol. The smallest absolute Gasteiger partial charge is 0.0708 e. The van der Waals surface area contributed by atoms with Gasteiger partial charge >= 0.3 is 0 Å². The van der Waals surface area contributed by atoms with E-state index in [1.54, 1.807) is 0 Å². The molecule has 0 unspecified atom stereocenters. The molecule has 178 valence electrons. The standard InChI is InChI=1S/C36H29N/c1-4-5-6-12-26-13-11-14-27(22-26)35-30-16-8-7-15-29(30)34(28-20-24(2)19-25(3)21-28)32-23-37-33-18-10-9-17-31(33)36(32)35/h4-23H,1-3H3/b5-4-,12-6-. The first-order chi connectivity index (χ1) is 18.1. The van der Waals surface area contributed by atoms with Gasteiger partial charge in [0.1, 0.15) is 0 Å². The summed E-state index contributed by atoms with van der Waals surface area (Å²) in [5.74, 6) is 0. The van der Waals surface area contributed by atoms with Crippen molar-refractivity contribution in [3.05, 3.63) is 132 Å². The molecule has 37 heavy (non-hydrogen) atoms. The first kappa shape index (κ1) is 22.9. The third kappa shape index (κ3) is 4.13. The SMILES string of the molecule is C/C=C\C=C/c1cccc(-c2c3ccccc3c(-c3cc(C)cc(C)c3)c3cnc4ccccc4c23)c1. The van der Waals surface area contributed by atoms with E-state index in [1.807, 2.05) is 13.0 Å². The van der Waals surface area contributed by atoms with Gasteiger partial charge < -0.3 is 0 Å². The average Bonchev–Trinajstić information content (AvgIpc) is 2.91. The summed E-state index contributed by atoms with van der Waals surface area (Å²) in [6.45, 7) is 6.39. The number of fused-ring (bicyclic) bond motifs is 4. The third-order valence-electron chi connectivity index (χ3n) is 7.04. The second kappa shape index (κ2) is 9.52. The minimum absolute atomic E-state index is 1.02. The molecular weight excluding hydrogens is 446 g/mol. The fraction of sp³-hybridized carbons (Fsp3) is 0.0833. The van der Waals surface area contributed by atoms with E-state index < -0.39 is 0 Å². The molecule has 1 heterocycles. The first-order valence-corrected chi connectivity index (χ1v) is 12.8. The second-order valence-electron chi connectivity index (χ2n) is 9.75. The Kier molecular flexibility index (Phi) is 5.90. The number of allylic oxidation sites excluding steroid dienone is 3. The van der Waals surface area contributed by atoms with Gasteiger partial charge in [0.15, 0.2) is 0 Å². The van der Waals surface area contributed by atoms with Crippen LogP contribution in [-0.4, -0.2) is 4.98 Å².